The number of ether oxygens (including phenoxy) is 1. The van der Waals surface area contributed by atoms with Gasteiger partial charge in [-0.1, -0.05) is 19.9 Å². The number of nitrogens with one attached hydrogen (secondary N) is 2. The predicted molar refractivity (Wildman–Crippen MR) is 143 cm³/mol. The summed E-state index contributed by atoms with van der Waals surface area (Å²) in [6, 6.07) is 12.7. The van der Waals surface area contributed by atoms with E-state index >= 15 is 0 Å². The normalized spacial score (nSPS) is 14.6. The molecule has 38 heavy (non-hydrogen) atoms. The van der Waals surface area contributed by atoms with Crippen molar-refractivity contribution < 1.29 is 17.9 Å². The number of amides is 1. The number of morpholine rings is 1. The fraction of sp³-hybridized carbons (Fsp3) is 0.280. The largest absolute Gasteiger partial charge is 0.379 e. The van der Waals surface area contributed by atoms with Crippen LogP contribution in [0.1, 0.15) is 35.8 Å². The van der Waals surface area contributed by atoms with Gasteiger partial charge < -0.3 is 10.1 Å². The molecular weight excluding hydrogens is 528 g/mol. The van der Waals surface area contributed by atoms with Crippen LogP contribution in [0.5, 0.6) is 0 Å². The Bertz CT molecular complexity index is 1600. The molecule has 11 nitrogen and oxygen atoms in total. The van der Waals surface area contributed by atoms with Gasteiger partial charge in [-0.2, -0.15) is 14.1 Å². The summed E-state index contributed by atoms with van der Waals surface area (Å²) in [6.45, 7) is 5.13. The van der Waals surface area contributed by atoms with Gasteiger partial charge in [-0.3, -0.25) is 14.6 Å². The average molecular weight is 555 g/mol. The van der Waals surface area contributed by atoms with Crippen LogP contribution in [0.15, 0.2) is 63.6 Å². The number of aromatic amines is 1. The fourth-order valence-electron chi connectivity index (χ4n) is 3.94. The number of sulfonamides is 1. The molecule has 198 valence electrons. The van der Waals surface area contributed by atoms with Gasteiger partial charge in [0.15, 0.2) is 0 Å². The highest BCUT2D eigenvalue weighted by Crippen LogP contribution is 2.28. The average Bonchev–Trinajstić information content (AvgIpc) is 3.59. The van der Waals surface area contributed by atoms with Gasteiger partial charge in [0.05, 0.1) is 28.7 Å². The molecule has 1 fully saturated rings. The molecule has 0 saturated carbocycles. The summed E-state index contributed by atoms with van der Waals surface area (Å²) in [7, 11) is -3.68. The third-order valence-electron chi connectivity index (χ3n) is 5.99. The molecule has 0 atom stereocenters. The molecule has 0 unspecified atom stereocenters. The zero-order chi connectivity index (χ0) is 26.9. The lowest BCUT2D eigenvalue weighted by atomic mass is 10.1. The molecule has 0 aliphatic carbocycles. The van der Waals surface area contributed by atoms with Crippen LogP contribution < -0.4 is 10.9 Å². The van der Waals surface area contributed by atoms with Crippen LogP contribution in [0.4, 0.5) is 5.82 Å². The highest BCUT2D eigenvalue weighted by Gasteiger charge is 2.26. The van der Waals surface area contributed by atoms with Crippen LogP contribution in [0.3, 0.4) is 0 Å². The Hall–Kier alpha value is -3.65. The maximum Gasteiger partial charge on any atom is 0.256 e. The molecule has 1 amide bonds. The number of thiophene rings is 1. The van der Waals surface area contributed by atoms with Gasteiger partial charge in [0.25, 0.3) is 11.5 Å². The lowest BCUT2D eigenvalue weighted by molar-refractivity contribution is 0.0730. The number of nitrogens with zero attached hydrogens (tertiary/aromatic N) is 4. The molecule has 3 aromatic heterocycles. The van der Waals surface area contributed by atoms with Crippen molar-refractivity contribution in [1.82, 2.24) is 24.1 Å². The maximum atomic E-state index is 13.2. The van der Waals surface area contributed by atoms with Gasteiger partial charge in [-0.05, 0) is 41.6 Å². The number of carbonyl (C=O) groups excluding carboxylic acids is 1. The Morgan fingerprint density at radius 1 is 1.13 bits per heavy atom. The molecule has 2 N–H and O–H groups in total. The standard InChI is InChI=1S/C25H26N6O5S2/c1-16(2)19-15-23(32)28-25(26-19)31-22(14-20(29-31)21-4-3-13-37-21)27-24(33)17-5-7-18(8-6-17)38(34,35)30-9-11-36-12-10-30/h3-8,13-16H,9-12H2,1-2H3,(H,27,33)(H,26,28,32). The van der Waals surface area contributed by atoms with E-state index in [-0.39, 0.29) is 41.0 Å². The van der Waals surface area contributed by atoms with Gasteiger partial charge in [-0.15, -0.1) is 11.3 Å². The second kappa shape index (κ2) is 10.6. The van der Waals surface area contributed by atoms with E-state index in [2.05, 4.69) is 20.4 Å². The van der Waals surface area contributed by atoms with E-state index < -0.39 is 15.9 Å². The van der Waals surface area contributed by atoms with Crippen LogP contribution in [0, 0.1) is 0 Å². The van der Waals surface area contributed by atoms with E-state index in [0.717, 1.165) is 4.88 Å². The third kappa shape index (κ3) is 5.31. The minimum Gasteiger partial charge on any atom is -0.379 e. The Morgan fingerprint density at radius 3 is 2.53 bits per heavy atom. The van der Waals surface area contributed by atoms with Crippen molar-refractivity contribution in [3.8, 4) is 16.5 Å². The SMILES string of the molecule is CC(C)c1cc(=O)[nH]c(-n2nc(-c3cccs3)cc2NC(=O)c2ccc(S(=O)(=O)N3CCOCC3)cc2)n1. The number of aromatic nitrogens is 4. The number of anilines is 1. The van der Waals surface area contributed by atoms with Gasteiger partial charge >= 0.3 is 0 Å². The van der Waals surface area contributed by atoms with E-state index in [0.29, 0.717) is 30.4 Å². The minimum atomic E-state index is -3.68. The summed E-state index contributed by atoms with van der Waals surface area (Å²) >= 11 is 1.49. The van der Waals surface area contributed by atoms with Crippen molar-refractivity contribution in [3.63, 3.8) is 0 Å². The Balaban J connectivity index is 1.45. The minimum absolute atomic E-state index is 0.00803. The highest BCUT2D eigenvalue weighted by atomic mass is 32.2. The molecule has 0 radical (unpaired) electrons. The Labute approximate surface area is 223 Å². The summed E-state index contributed by atoms with van der Waals surface area (Å²) in [5, 5.41) is 9.33. The first kappa shape index (κ1) is 26.0. The van der Waals surface area contributed by atoms with Gasteiger partial charge in [0, 0.05) is 30.8 Å². The number of rotatable bonds is 7. The Morgan fingerprint density at radius 2 is 1.87 bits per heavy atom. The van der Waals surface area contributed by atoms with Crippen LogP contribution in [-0.2, 0) is 14.8 Å². The molecule has 4 aromatic rings. The number of hydrogen-bond donors (Lipinski definition) is 2. The number of benzene rings is 1. The number of hydrogen-bond acceptors (Lipinski definition) is 8. The van der Waals surface area contributed by atoms with Crippen molar-refractivity contribution >= 4 is 33.1 Å². The molecule has 1 saturated heterocycles. The summed E-state index contributed by atoms with van der Waals surface area (Å²) in [6.07, 6.45) is 0. The fourth-order valence-corrected chi connectivity index (χ4v) is 6.03. The quantitative estimate of drug-likeness (QED) is 0.358. The molecule has 1 aliphatic rings. The van der Waals surface area contributed by atoms with Crippen LogP contribution in [0.25, 0.3) is 16.5 Å². The molecule has 1 aromatic carbocycles. The van der Waals surface area contributed by atoms with Crippen LogP contribution >= 0.6 is 11.3 Å². The first-order chi connectivity index (χ1) is 18.2. The van der Waals surface area contributed by atoms with E-state index in [1.807, 2.05) is 31.4 Å². The Kier molecular flexibility index (Phi) is 7.25. The zero-order valence-electron chi connectivity index (χ0n) is 20.7. The van der Waals surface area contributed by atoms with E-state index in [1.165, 1.54) is 50.7 Å². The lowest BCUT2D eigenvalue weighted by Gasteiger charge is -2.26. The second-order valence-corrected chi connectivity index (χ2v) is 11.8. The first-order valence-electron chi connectivity index (χ1n) is 12.0. The molecule has 13 heteroatoms. The van der Waals surface area contributed by atoms with Crippen molar-refractivity contribution in [2.75, 3.05) is 31.6 Å². The van der Waals surface area contributed by atoms with E-state index in [9.17, 15) is 18.0 Å². The summed E-state index contributed by atoms with van der Waals surface area (Å²) in [5.74, 6) is 0.00830. The molecule has 1 aliphatic heterocycles. The summed E-state index contributed by atoms with van der Waals surface area (Å²) < 4.78 is 33.8. The van der Waals surface area contributed by atoms with Crippen molar-refractivity contribution in [2.24, 2.45) is 0 Å². The maximum absolute atomic E-state index is 13.2. The van der Waals surface area contributed by atoms with Crippen LogP contribution in [0.2, 0.25) is 0 Å². The molecular formula is C25H26N6O5S2. The number of H-pyrrole nitrogens is 1. The third-order valence-corrected chi connectivity index (χ3v) is 8.80. The van der Waals surface area contributed by atoms with E-state index in [4.69, 9.17) is 4.74 Å². The zero-order valence-corrected chi connectivity index (χ0v) is 22.4. The van der Waals surface area contributed by atoms with Crippen molar-refractivity contribution in [3.05, 3.63) is 75.5 Å². The lowest BCUT2D eigenvalue weighted by Crippen LogP contribution is -2.40. The highest BCUT2D eigenvalue weighted by molar-refractivity contribution is 7.89. The molecule has 0 bridgehead atoms. The van der Waals surface area contributed by atoms with Gasteiger partial charge in [0.2, 0.25) is 16.0 Å². The summed E-state index contributed by atoms with van der Waals surface area (Å²) in [4.78, 5) is 33.7. The molecule has 0 spiro atoms. The number of carbonyl (C=O) groups is 1. The molecule has 4 heterocycles. The van der Waals surface area contributed by atoms with Gasteiger partial charge in [0.1, 0.15) is 11.5 Å². The monoisotopic (exact) mass is 554 g/mol. The summed E-state index contributed by atoms with van der Waals surface area (Å²) in [5.41, 5.74) is 1.11. The van der Waals surface area contributed by atoms with E-state index in [1.54, 1.807) is 6.07 Å². The van der Waals surface area contributed by atoms with Crippen LogP contribution in [-0.4, -0.2) is 64.7 Å². The van der Waals surface area contributed by atoms with Gasteiger partial charge in [-0.25, -0.2) is 13.4 Å². The second-order valence-electron chi connectivity index (χ2n) is 8.95. The predicted octanol–water partition coefficient (Wildman–Crippen LogP) is 3.08. The first-order valence-corrected chi connectivity index (χ1v) is 14.3. The topological polar surface area (TPSA) is 139 Å². The molecule has 5 rings (SSSR count). The smallest absolute Gasteiger partial charge is 0.256 e. The van der Waals surface area contributed by atoms with Crippen molar-refractivity contribution in [2.45, 2.75) is 24.7 Å². The van der Waals surface area contributed by atoms with Crippen molar-refractivity contribution in [1.29, 1.82) is 0 Å².